The largest absolute Gasteiger partial charge is 0.461 e. The number of aromatic nitrogens is 4. The van der Waals surface area contributed by atoms with E-state index in [1.165, 1.54) is 0 Å². The molecular weight excluding hydrogens is 444 g/mol. The van der Waals surface area contributed by atoms with Crippen LogP contribution in [0.5, 0.6) is 0 Å². The zero-order valence-corrected chi connectivity index (χ0v) is 19.2. The van der Waals surface area contributed by atoms with Crippen LogP contribution in [0.4, 0.5) is 10.7 Å². The summed E-state index contributed by atoms with van der Waals surface area (Å²) in [6.07, 6.45) is 1.31. The second kappa shape index (κ2) is 8.75. The van der Waals surface area contributed by atoms with Gasteiger partial charge in [-0.05, 0) is 36.8 Å². The Morgan fingerprint density at radius 2 is 1.86 bits per heavy atom. The molecule has 9 nitrogen and oxygen atoms in total. The van der Waals surface area contributed by atoms with Crippen LogP contribution in [0.2, 0.25) is 0 Å². The van der Waals surface area contributed by atoms with Crippen LogP contribution >= 0.6 is 0 Å². The number of fused-ring (bicyclic) bond motifs is 3. The smallest absolute Gasteiger partial charge is 0.410 e. The molecule has 4 heterocycles. The van der Waals surface area contributed by atoms with Gasteiger partial charge in [-0.15, -0.1) is 10.2 Å². The van der Waals surface area contributed by atoms with E-state index in [9.17, 15) is 4.79 Å². The number of piperazine rings is 1. The van der Waals surface area contributed by atoms with Crippen LogP contribution in [0.15, 0.2) is 77.4 Å². The van der Waals surface area contributed by atoms with Gasteiger partial charge in [-0.1, -0.05) is 42.5 Å². The fourth-order valence-corrected chi connectivity index (χ4v) is 4.56. The molecule has 6 rings (SSSR count). The van der Waals surface area contributed by atoms with Gasteiger partial charge in [0.2, 0.25) is 11.8 Å². The lowest BCUT2D eigenvalue weighted by molar-refractivity contribution is 0.0793. The van der Waals surface area contributed by atoms with Crippen molar-refractivity contribution >= 4 is 28.6 Å². The molecule has 1 fully saturated rings. The molecule has 35 heavy (non-hydrogen) atoms. The summed E-state index contributed by atoms with van der Waals surface area (Å²) in [6.45, 7) is 3.99. The van der Waals surface area contributed by atoms with Crippen molar-refractivity contribution in [1.29, 1.82) is 0 Å². The molecule has 1 amide bonds. The van der Waals surface area contributed by atoms with Crippen molar-refractivity contribution in [3.05, 3.63) is 78.6 Å². The molecule has 2 aromatic carbocycles. The minimum atomic E-state index is -0.307. The van der Waals surface area contributed by atoms with E-state index < -0.39 is 0 Å². The number of hydrogen-bond donors (Lipinski definition) is 0. The fourth-order valence-electron chi connectivity index (χ4n) is 4.56. The lowest BCUT2D eigenvalue weighted by atomic mass is 10.2. The summed E-state index contributed by atoms with van der Waals surface area (Å²) in [5.74, 6) is 1.93. The number of furan rings is 1. The lowest BCUT2D eigenvalue weighted by Crippen LogP contribution is -2.54. The van der Waals surface area contributed by atoms with Crippen LogP contribution in [-0.4, -0.2) is 56.3 Å². The summed E-state index contributed by atoms with van der Waals surface area (Å²) in [7, 11) is 0. The Morgan fingerprint density at radius 1 is 1.03 bits per heavy atom. The first kappa shape index (κ1) is 21.2. The average Bonchev–Trinajstić information content (AvgIpc) is 3.58. The van der Waals surface area contributed by atoms with Crippen molar-refractivity contribution in [1.82, 2.24) is 24.5 Å². The van der Waals surface area contributed by atoms with Crippen LogP contribution in [-0.2, 0) is 11.3 Å². The third-order valence-electron chi connectivity index (χ3n) is 6.32. The first-order chi connectivity index (χ1) is 17.2. The molecule has 0 spiro atoms. The van der Waals surface area contributed by atoms with Gasteiger partial charge in [0.25, 0.3) is 0 Å². The van der Waals surface area contributed by atoms with Crippen molar-refractivity contribution in [3.8, 4) is 11.6 Å². The maximum absolute atomic E-state index is 12.8. The van der Waals surface area contributed by atoms with Crippen LogP contribution in [0, 0.1) is 0 Å². The van der Waals surface area contributed by atoms with Crippen LogP contribution in [0.25, 0.3) is 28.1 Å². The number of ether oxygens (including phenoxy) is 1. The predicted octanol–water partition coefficient (Wildman–Crippen LogP) is 4.38. The van der Waals surface area contributed by atoms with Gasteiger partial charge >= 0.3 is 6.09 Å². The highest BCUT2D eigenvalue weighted by atomic mass is 16.6. The molecule has 5 aromatic rings. The van der Waals surface area contributed by atoms with Gasteiger partial charge in [-0.25, -0.2) is 14.2 Å². The Labute approximate surface area is 201 Å². The van der Waals surface area contributed by atoms with Gasteiger partial charge in [0, 0.05) is 31.1 Å². The SMILES string of the molecule is CC1CN(c2nc3ccccc3c3nnc(-c4ccco4)n23)CCN1C(=O)OCc1ccccc1. The van der Waals surface area contributed by atoms with E-state index in [0.29, 0.717) is 36.9 Å². The topological polar surface area (TPSA) is 89.0 Å². The van der Waals surface area contributed by atoms with E-state index in [1.807, 2.05) is 78.1 Å². The minimum Gasteiger partial charge on any atom is -0.461 e. The molecule has 1 unspecified atom stereocenters. The number of rotatable bonds is 4. The molecule has 1 aliphatic rings. The first-order valence-corrected chi connectivity index (χ1v) is 11.6. The van der Waals surface area contributed by atoms with Gasteiger partial charge in [0.05, 0.1) is 11.8 Å². The summed E-state index contributed by atoms with van der Waals surface area (Å²) in [6, 6.07) is 21.2. The van der Waals surface area contributed by atoms with Crippen molar-refractivity contribution < 1.29 is 13.9 Å². The molecule has 9 heteroatoms. The summed E-state index contributed by atoms with van der Waals surface area (Å²) in [5, 5.41) is 9.82. The molecule has 176 valence electrons. The zero-order chi connectivity index (χ0) is 23.8. The van der Waals surface area contributed by atoms with Gasteiger partial charge in [-0.2, -0.15) is 0 Å². The zero-order valence-electron chi connectivity index (χ0n) is 19.2. The van der Waals surface area contributed by atoms with Crippen molar-refractivity contribution in [2.75, 3.05) is 24.5 Å². The third-order valence-corrected chi connectivity index (χ3v) is 6.32. The number of para-hydroxylation sites is 1. The average molecular weight is 469 g/mol. The highest BCUT2D eigenvalue weighted by molar-refractivity contribution is 5.93. The number of nitrogens with zero attached hydrogens (tertiary/aromatic N) is 6. The second-order valence-electron chi connectivity index (χ2n) is 8.62. The van der Waals surface area contributed by atoms with Gasteiger partial charge in [0.15, 0.2) is 11.4 Å². The highest BCUT2D eigenvalue weighted by Gasteiger charge is 2.31. The Hall–Kier alpha value is -4.40. The Morgan fingerprint density at radius 3 is 2.66 bits per heavy atom. The van der Waals surface area contributed by atoms with E-state index in [0.717, 1.165) is 22.4 Å². The molecule has 0 aliphatic carbocycles. The molecule has 0 saturated carbocycles. The van der Waals surface area contributed by atoms with E-state index >= 15 is 0 Å². The lowest BCUT2D eigenvalue weighted by Gasteiger charge is -2.39. The predicted molar refractivity (Wildman–Crippen MR) is 131 cm³/mol. The molecule has 1 aliphatic heterocycles. The molecule has 0 radical (unpaired) electrons. The van der Waals surface area contributed by atoms with Gasteiger partial charge in [0.1, 0.15) is 6.61 Å². The number of amides is 1. The Bertz CT molecular complexity index is 1480. The van der Waals surface area contributed by atoms with E-state index in [4.69, 9.17) is 14.1 Å². The maximum Gasteiger partial charge on any atom is 0.410 e. The third kappa shape index (κ3) is 3.84. The summed E-state index contributed by atoms with van der Waals surface area (Å²) in [4.78, 5) is 21.7. The number of carbonyl (C=O) groups excluding carboxylic acids is 1. The summed E-state index contributed by atoms with van der Waals surface area (Å²) in [5.41, 5.74) is 2.52. The molecule has 0 bridgehead atoms. The van der Waals surface area contributed by atoms with Crippen LogP contribution in [0.1, 0.15) is 12.5 Å². The van der Waals surface area contributed by atoms with Crippen LogP contribution < -0.4 is 4.90 Å². The van der Waals surface area contributed by atoms with E-state index in [1.54, 1.807) is 11.2 Å². The summed E-state index contributed by atoms with van der Waals surface area (Å²) < 4.78 is 13.2. The van der Waals surface area contributed by atoms with E-state index in [2.05, 4.69) is 15.1 Å². The number of anilines is 1. The standard InChI is InChI=1S/C26H24N6O3/c1-18-16-30(13-14-31(18)26(33)35-17-19-8-3-2-4-9-19)25-27-21-11-6-5-10-20(21)23-28-29-24(32(23)25)22-12-7-15-34-22/h2-12,15,18H,13-14,16-17H2,1H3. The molecule has 0 N–H and O–H groups in total. The Kier molecular flexibility index (Phi) is 5.29. The quantitative estimate of drug-likeness (QED) is 0.387. The van der Waals surface area contributed by atoms with Gasteiger partial charge < -0.3 is 19.0 Å². The number of carbonyl (C=O) groups is 1. The van der Waals surface area contributed by atoms with Crippen LogP contribution in [0.3, 0.4) is 0 Å². The highest BCUT2D eigenvalue weighted by Crippen LogP contribution is 2.29. The number of hydrogen-bond acceptors (Lipinski definition) is 7. The maximum atomic E-state index is 12.8. The Balaban J connectivity index is 1.30. The van der Waals surface area contributed by atoms with Gasteiger partial charge in [-0.3, -0.25) is 0 Å². The van der Waals surface area contributed by atoms with Crippen molar-refractivity contribution in [2.45, 2.75) is 19.6 Å². The van der Waals surface area contributed by atoms with Crippen molar-refractivity contribution in [3.63, 3.8) is 0 Å². The second-order valence-corrected chi connectivity index (χ2v) is 8.62. The monoisotopic (exact) mass is 468 g/mol. The van der Waals surface area contributed by atoms with Crippen molar-refractivity contribution in [2.24, 2.45) is 0 Å². The molecular formula is C26H24N6O3. The normalized spacial score (nSPS) is 16.2. The number of benzene rings is 2. The molecule has 1 saturated heterocycles. The van der Waals surface area contributed by atoms with E-state index in [-0.39, 0.29) is 18.7 Å². The first-order valence-electron chi connectivity index (χ1n) is 11.6. The molecule has 3 aromatic heterocycles. The fraction of sp³-hybridized carbons (Fsp3) is 0.231. The minimum absolute atomic E-state index is 0.0705. The molecule has 1 atom stereocenters. The summed E-state index contributed by atoms with van der Waals surface area (Å²) >= 11 is 0.